The predicted octanol–water partition coefficient (Wildman–Crippen LogP) is 0.716. The molecule has 1 aliphatic carbocycles. The first kappa shape index (κ1) is 17.9. The van der Waals surface area contributed by atoms with Crippen LogP contribution in [0.4, 0.5) is 0 Å². The van der Waals surface area contributed by atoms with Gasteiger partial charge in [0, 0.05) is 13.0 Å². The minimum atomic E-state index is -0.729. The van der Waals surface area contributed by atoms with Crippen LogP contribution < -0.4 is 11.1 Å². The first-order valence-corrected chi connectivity index (χ1v) is 7.85. The number of carbonyl (C=O) groups excluding carboxylic acids is 2. The normalized spacial score (nSPS) is 25.5. The summed E-state index contributed by atoms with van der Waals surface area (Å²) in [6.07, 6.45) is 4.64. The van der Waals surface area contributed by atoms with Crippen LogP contribution in [0, 0.1) is 5.92 Å². The fourth-order valence-corrected chi connectivity index (χ4v) is 2.70. The molecule has 0 heterocycles. The van der Waals surface area contributed by atoms with Crippen molar-refractivity contribution in [3.8, 4) is 0 Å². The molecule has 0 aromatic rings. The SMILES string of the molecule is CCOC(=O)C1CCC(O)(CNCCCCC(N)=O)CC1. The first-order valence-electron chi connectivity index (χ1n) is 7.85. The van der Waals surface area contributed by atoms with Gasteiger partial charge in [-0.3, -0.25) is 9.59 Å². The van der Waals surface area contributed by atoms with Crippen LogP contribution in [0.15, 0.2) is 0 Å². The molecule has 6 heteroatoms. The van der Waals surface area contributed by atoms with Gasteiger partial charge in [-0.05, 0) is 52.0 Å². The van der Waals surface area contributed by atoms with Gasteiger partial charge < -0.3 is 20.9 Å². The Morgan fingerprint density at radius 2 is 2.00 bits per heavy atom. The molecule has 6 nitrogen and oxygen atoms in total. The zero-order valence-corrected chi connectivity index (χ0v) is 12.9. The minimum Gasteiger partial charge on any atom is -0.466 e. The second-order valence-corrected chi connectivity index (χ2v) is 5.85. The maximum atomic E-state index is 11.6. The summed E-state index contributed by atoms with van der Waals surface area (Å²) in [6.45, 7) is 3.50. The van der Waals surface area contributed by atoms with Crippen molar-refractivity contribution < 1.29 is 19.4 Å². The molecule has 0 saturated heterocycles. The number of primary amides is 1. The number of carbonyl (C=O) groups is 2. The maximum absolute atomic E-state index is 11.6. The standard InChI is InChI=1S/C15H28N2O4/c1-2-21-14(19)12-6-8-15(20,9-7-12)11-17-10-4-3-5-13(16)18/h12,17,20H,2-11H2,1H3,(H2,16,18). The van der Waals surface area contributed by atoms with Crippen molar-refractivity contribution in [2.75, 3.05) is 19.7 Å². The van der Waals surface area contributed by atoms with E-state index in [4.69, 9.17) is 10.5 Å². The van der Waals surface area contributed by atoms with Gasteiger partial charge in [0.25, 0.3) is 0 Å². The molecule has 1 fully saturated rings. The molecule has 0 spiro atoms. The molecule has 0 aromatic heterocycles. The van der Waals surface area contributed by atoms with Crippen LogP contribution in [0.3, 0.4) is 0 Å². The average molecular weight is 300 g/mol. The van der Waals surface area contributed by atoms with Crippen molar-refractivity contribution in [3.05, 3.63) is 0 Å². The number of unbranched alkanes of at least 4 members (excludes halogenated alkanes) is 1. The van der Waals surface area contributed by atoms with Crippen molar-refractivity contribution in [1.29, 1.82) is 0 Å². The van der Waals surface area contributed by atoms with E-state index < -0.39 is 5.60 Å². The number of aliphatic hydroxyl groups is 1. The lowest BCUT2D eigenvalue weighted by Gasteiger charge is -2.35. The van der Waals surface area contributed by atoms with E-state index in [2.05, 4.69) is 5.32 Å². The molecular formula is C15H28N2O4. The predicted molar refractivity (Wildman–Crippen MR) is 79.5 cm³/mol. The van der Waals surface area contributed by atoms with Gasteiger partial charge >= 0.3 is 5.97 Å². The molecule has 0 aromatic carbocycles. The summed E-state index contributed by atoms with van der Waals surface area (Å²) in [5.41, 5.74) is 4.34. The Labute approximate surface area is 126 Å². The number of ether oxygens (including phenoxy) is 1. The van der Waals surface area contributed by atoms with Gasteiger partial charge in [0.05, 0.1) is 18.1 Å². The Kier molecular flexibility index (Phi) is 7.67. The van der Waals surface area contributed by atoms with E-state index in [1.165, 1.54) is 0 Å². The molecule has 1 saturated carbocycles. The summed E-state index contributed by atoms with van der Waals surface area (Å²) in [5, 5.41) is 13.7. The van der Waals surface area contributed by atoms with Gasteiger partial charge in [-0.1, -0.05) is 0 Å². The molecule has 0 radical (unpaired) electrons. The van der Waals surface area contributed by atoms with Crippen molar-refractivity contribution in [2.45, 2.75) is 57.5 Å². The fourth-order valence-electron chi connectivity index (χ4n) is 2.70. The van der Waals surface area contributed by atoms with Gasteiger partial charge in [0.15, 0.2) is 0 Å². The number of nitrogens with one attached hydrogen (secondary N) is 1. The Balaban J connectivity index is 2.16. The summed E-state index contributed by atoms with van der Waals surface area (Å²) in [4.78, 5) is 22.2. The second kappa shape index (κ2) is 9.00. The minimum absolute atomic E-state index is 0.0687. The third-order valence-electron chi connectivity index (χ3n) is 4.02. The topological polar surface area (TPSA) is 102 Å². The van der Waals surface area contributed by atoms with E-state index in [1.807, 2.05) is 0 Å². The molecule has 21 heavy (non-hydrogen) atoms. The highest BCUT2D eigenvalue weighted by atomic mass is 16.5. The Hall–Kier alpha value is -1.14. The van der Waals surface area contributed by atoms with Gasteiger partial charge in [-0.25, -0.2) is 0 Å². The van der Waals surface area contributed by atoms with Crippen molar-refractivity contribution >= 4 is 11.9 Å². The quantitative estimate of drug-likeness (QED) is 0.430. The van der Waals surface area contributed by atoms with Gasteiger partial charge in [-0.2, -0.15) is 0 Å². The highest BCUT2D eigenvalue weighted by molar-refractivity contribution is 5.73. The molecule has 0 unspecified atom stereocenters. The Morgan fingerprint density at radius 1 is 1.33 bits per heavy atom. The molecule has 1 aliphatic rings. The molecule has 122 valence electrons. The van der Waals surface area contributed by atoms with Crippen LogP contribution in [0.25, 0.3) is 0 Å². The highest BCUT2D eigenvalue weighted by Gasteiger charge is 2.35. The monoisotopic (exact) mass is 300 g/mol. The average Bonchev–Trinajstić information content (AvgIpc) is 2.43. The number of rotatable bonds is 9. The summed E-state index contributed by atoms with van der Waals surface area (Å²) >= 11 is 0. The van der Waals surface area contributed by atoms with Gasteiger partial charge in [0.2, 0.25) is 5.91 Å². The molecular weight excluding hydrogens is 272 g/mol. The summed E-state index contributed by atoms with van der Waals surface area (Å²) in [5.74, 6) is -0.481. The number of hydrogen-bond acceptors (Lipinski definition) is 5. The van der Waals surface area contributed by atoms with E-state index in [9.17, 15) is 14.7 Å². The Morgan fingerprint density at radius 3 is 2.57 bits per heavy atom. The van der Waals surface area contributed by atoms with Gasteiger partial charge in [-0.15, -0.1) is 0 Å². The first-order chi connectivity index (χ1) is 9.97. The molecule has 0 bridgehead atoms. The second-order valence-electron chi connectivity index (χ2n) is 5.85. The van der Waals surface area contributed by atoms with Crippen LogP contribution in [0.5, 0.6) is 0 Å². The summed E-state index contributed by atoms with van der Waals surface area (Å²) < 4.78 is 5.02. The lowest BCUT2D eigenvalue weighted by Crippen LogP contribution is -2.44. The molecule has 0 atom stereocenters. The number of esters is 1. The maximum Gasteiger partial charge on any atom is 0.308 e. The van der Waals surface area contributed by atoms with E-state index in [0.717, 1.165) is 19.4 Å². The molecule has 1 amide bonds. The lowest BCUT2D eigenvalue weighted by atomic mass is 9.79. The number of nitrogens with two attached hydrogens (primary N) is 1. The van der Waals surface area contributed by atoms with Crippen LogP contribution in [-0.4, -0.2) is 42.3 Å². The molecule has 1 rings (SSSR count). The lowest BCUT2D eigenvalue weighted by molar-refractivity contribution is -0.151. The summed E-state index contributed by atoms with van der Waals surface area (Å²) in [7, 11) is 0. The van der Waals surface area contributed by atoms with Crippen LogP contribution >= 0.6 is 0 Å². The van der Waals surface area contributed by atoms with Crippen molar-refractivity contribution in [3.63, 3.8) is 0 Å². The number of amides is 1. The van der Waals surface area contributed by atoms with Gasteiger partial charge in [0.1, 0.15) is 0 Å². The van der Waals surface area contributed by atoms with E-state index >= 15 is 0 Å². The zero-order chi connectivity index (χ0) is 15.7. The highest BCUT2D eigenvalue weighted by Crippen LogP contribution is 2.32. The third-order valence-corrected chi connectivity index (χ3v) is 4.02. The van der Waals surface area contributed by atoms with Crippen molar-refractivity contribution in [2.24, 2.45) is 11.7 Å². The van der Waals surface area contributed by atoms with E-state index in [1.54, 1.807) is 6.92 Å². The fraction of sp³-hybridized carbons (Fsp3) is 0.867. The third kappa shape index (κ3) is 6.91. The Bertz CT molecular complexity index is 339. The smallest absolute Gasteiger partial charge is 0.308 e. The van der Waals surface area contributed by atoms with Crippen LogP contribution in [0.2, 0.25) is 0 Å². The summed E-state index contributed by atoms with van der Waals surface area (Å²) in [6, 6.07) is 0. The number of hydrogen-bond donors (Lipinski definition) is 3. The van der Waals surface area contributed by atoms with Crippen LogP contribution in [0.1, 0.15) is 51.9 Å². The molecule has 4 N–H and O–H groups in total. The van der Waals surface area contributed by atoms with E-state index in [-0.39, 0.29) is 17.8 Å². The van der Waals surface area contributed by atoms with Crippen molar-refractivity contribution in [1.82, 2.24) is 5.32 Å². The largest absolute Gasteiger partial charge is 0.466 e. The van der Waals surface area contributed by atoms with E-state index in [0.29, 0.717) is 45.3 Å². The van der Waals surface area contributed by atoms with Crippen LogP contribution in [-0.2, 0) is 14.3 Å². The molecule has 0 aliphatic heterocycles. The zero-order valence-electron chi connectivity index (χ0n) is 12.9.